The van der Waals surface area contributed by atoms with Crippen LogP contribution in [0.1, 0.15) is 58.9 Å². The fraction of sp³-hybridized carbons (Fsp3) is 0.619. The normalized spacial score (nSPS) is 16.3. The Labute approximate surface area is 156 Å². The number of aryl methyl sites for hydroxylation is 2. The van der Waals surface area contributed by atoms with Gasteiger partial charge in [0.1, 0.15) is 5.60 Å². The number of imidazole rings is 1. The van der Waals surface area contributed by atoms with E-state index >= 15 is 0 Å². The van der Waals surface area contributed by atoms with E-state index in [4.69, 9.17) is 4.74 Å². The maximum atomic E-state index is 12.2. The van der Waals surface area contributed by atoms with Crippen molar-refractivity contribution < 1.29 is 14.1 Å². The third-order valence-corrected chi connectivity index (χ3v) is 5.20. The van der Waals surface area contributed by atoms with E-state index in [-0.39, 0.29) is 6.09 Å². The van der Waals surface area contributed by atoms with Crippen molar-refractivity contribution in [2.24, 2.45) is 0 Å². The van der Waals surface area contributed by atoms with Crippen molar-refractivity contribution in [1.29, 1.82) is 0 Å². The smallest absolute Gasteiger partial charge is 0.410 e. The van der Waals surface area contributed by atoms with Crippen molar-refractivity contribution in [3.05, 3.63) is 30.1 Å². The van der Waals surface area contributed by atoms with E-state index < -0.39 is 5.60 Å². The number of benzene rings is 1. The van der Waals surface area contributed by atoms with Gasteiger partial charge in [0, 0.05) is 13.1 Å². The minimum Gasteiger partial charge on any atom is -0.444 e. The molecule has 0 bridgehead atoms. The summed E-state index contributed by atoms with van der Waals surface area (Å²) in [5, 5.41) is 0. The highest BCUT2D eigenvalue weighted by Gasteiger charge is 2.28. The highest BCUT2D eigenvalue weighted by Crippen LogP contribution is 2.30. The Morgan fingerprint density at radius 1 is 1.23 bits per heavy atom. The summed E-state index contributed by atoms with van der Waals surface area (Å²) in [6.07, 6.45) is 4.01. The van der Waals surface area contributed by atoms with Gasteiger partial charge in [-0.25, -0.2) is 13.9 Å². The molecule has 0 N–H and O–H groups in total. The number of hydrogen-bond donors (Lipinski definition) is 0. The van der Waals surface area contributed by atoms with Gasteiger partial charge < -0.3 is 9.64 Å². The summed E-state index contributed by atoms with van der Waals surface area (Å²) in [6, 6.07) is 6.86. The van der Waals surface area contributed by atoms with Crippen LogP contribution >= 0.6 is 0 Å². The first-order valence-electron chi connectivity index (χ1n) is 9.82. The number of nitrogens with zero attached hydrogens (tertiary/aromatic N) is 3. The minimum absolute atomic E-state index is 0.185. The molecule has 1 fully saturated rings. The monoisotopic (exact) mass is 358 g/mol. The van der Waals surface area contributed by atoms with Crippen molar-refractivity contribution in [2.75, 3.05) is 13.1 Å². The van der Waals surface area contributed by atoms with Gasteiger partial charge in [-0.1, -0.05) is 6.07 Å². The van der Waals surface area contributed by atoms with Gasteiger partial charge in [0.2, 0.25) is 6.33 Å². The second-order valence-electron chi connectivity index (χ2n) is 8.18. The lowest BCUT2D eigenvalue weighted by Crippen LogP contribution is -2.41. The summed E-state index contributed by atoms with van der Waals surface area (Å²) < 4.78 is 10.1. The molecule has 142 valence electrons. The zero-order chi connectivity index (χ0) is 18.9. The van der Waals surface area contributed by atoms with Crippen LogP contribution in [-0.2, 0) is 17.8 Å². The molecule has 26 heavy (non-hydrogen) atoms. The molecule has 1 saturated heterocycles. The standard InChI is InChI=1S/C21H32N3O2/c1-6-22-15-23(7-2)19-14-17(8-9-18(19)22)16-10-12-24(13-11-16)20(25)26-21(3,4)5/h8-9,14-16H,6-7,10-13H2,1-5H3/q+1. The topological polar surface area (TPSA) is 38.3 Å². The molecule has 1 aromatic carbocycles. The maximum absolute atomic E-state index is 12.2. The molecular weight excluding hydrogens is 326 g/mol. The van der Waals surface area contributed by atoms with Crippen LogP contribution in [0.5, 0.6) is 0 Å². The molecule has 2 heterocycles. The first kappa shape index (κ1) is 18.7. The Morgan fingerprint density at radius 2 is 1.92 bits per heavy atom. The van der Waals surface area contributed by atoms with Gasteiger partial charge in [0.15, 0.2) is 11.0 Å². The Morgan fingerprint density at radius 3 is 2.50 bits per heavy atom. The molecule has 0 saturated carbocycles. The Kier molecular flexibility index (Phi) is 5.26. The second kappa shape index (κ2) is 7.29. The first-order chi connectivity index (χ1) is 12.3. The van der Waals surface area contributed by atoms with Gasteiger partial charge in [-0.15, -0.1) is 0 Å². The summed E-state index contributed by atoms with van der Waals surface area (Å²) in [6.45, 7) is 13.6. The number of fused-ring (bicyclic) bond motifs is 1. The van der Waals surface area contributed by atoms with Gasteiger partial charge in [0.25, 0.3) is 0 Å². The van der Waals surface area contributed by atoms with Crippen molar-refractivity contribution in [1.82, 2.24) is 9.47 Å². The maximum Gasteiger partial charge on any atom is 0.410 e. The number of piperidine rings is 1. The molecule has 3 rings (SSSR count). The number of aromatic nitrogens is 2. The Balaban J connectivity index is 1.72. The first-order valence-corrected chi connectivity index (χ1v) is 9.82. The Bertz CT molecular complexity index is 780. The molecule has 1 aliphatic heterocycles. The summed E-state index contributed by atoms with van der Waals surface area (Å²) in [5.41, 5.74) is 3.56. The molecule has 1 aliphatic rings. The van der Waals surface area contributed by atoms with E-state index in [1.54, 1.807) is 0 Å². The van der Waals surface area contributed by atoms with E-state index in [1.165, 1.54) is 16.6 Å². The predicted octanol–water partition coefficient (Wildman–Crippen LogP) is 4.08. The number of rotatable bonds is 3. The van der Waals surface area contributed by atoms with E-state index in [0.717, 1.165) is 39.0 Å². The van der Waals surface area contributed by atoms with Crippen LogP contribution in [0.15, 0.2) is 24.5 Å². The highest BCUT2D eigenvalue weighted by atomic mass is 16.6. The quantitative estimate of drug-likeness (QED) is 0.775. The SMILES string of the molecule is CCn1c[n+](CC)c2ccc(C3CCN(C(=O)OC(C)(C)C)CC3)cc21. The molecular formula is C21H32N3O2+. The summed E-state index contributed by atoms with van der Waals surface area (Å²) in [7, 11) is 0. The van der Waals surface area contributed by atoms with Crippen LogP contribution in [0, 0.1) is 0 Å². The van der Waals surface area contributed by atoms with Crippen LogP contribution < -0.4 is 4.57 Å². The molecule has 1 amide bonds. The van der Waals surface area contributed by atoms with E-state index in [2.05, 4.69) is 47.5 Å². The summed E-state index contributed by atoms with van der Waals surface area (Å²) in [4.78, 5) is 14.1. The van der Waals surface area contributed by atoms with Gasteiger partial charge in [-0.2, -0.15) is 0 Å². The molecule has 0 aliphatic carbocycles. The van der Waals surface area contributed by atoms with Gasteiger partial charge in [-0.05, 0) is 71.1 Å². The number of amides is 1. The van der Waals surface area contributed by atoms with Crippen molar-refractivity contribution >= 4 is 17.1 Å². The van der Waals surface area contributed by atoms with Crippen LogP contribution in [0.4, 0.5) is 4.79 Å². The third-order valence-electron chi connectivity index (χ3n) is 5.20. The summed E-state index contributed by atoms with van der Waals surface area (Å²) >= 11 is 0. The fourth-order valence-corrected chi connectivity index (χ4v) is 3.79. The van der Waals surface area contributed by atoms with E-state index in [1.807, 2.05) is 25.7 Å². The zero-order valence-electron chi connectivity index (χ0n) is 16.8. The molecule has 0 spiro atoms. The number of ether oxygens (including phenoxy) is 1. The number of carbonyl (C=O) groups is 1. The van der Waals surface area contributed by atoms with E-state index in [9.17, 15) is 4.79 Å². The van der Waals surface area contributed by atoms with Crippen LogP contribution in [0.3, 0.4) is 0 Å². The lowest BCUT2D eigenvalue weighted by molar-refractivity contribution is -0.668. The summed E-state index contributed by atoms with van der Waals surface area (Å²) in [5.74, 6) is 0.508. The second-order valence-corrected chi connectivity index (χ2v) is 8.18. The average Bonchev–Trinajstić information content (AvgIpc) is 2.97. The van der Waals surface area contributed by atoms with Crippen LogP contribution in [0.25, 0.3) is 11.0 Å². The zero-order valence-corrected chi connectivity index (χ0v) is 16.8. The van der Waals surface area contributed by atoms with E-state index in [0.29, 0.717) is 5.92 Å². The molecule has 1 aromatic heterocycles. The number of hydrogen-bond acceptors (Lipinski definition) is 2. The predicted molar refractivity (Wildman–Crippen MR) is 103 cm³/mol. The van der Waals surface area contributed by atoms with Crippen LogP contribution in [-0.4, -0.2) is 34.3 Å². The van der Waals surface area contributed by atoms with Crippen LogP contribution in [0.2, 0.25) is 0 Å². The highest BCUT2D eigenvalue weighted by molar-refractivity contribution is 5.73. The van der Waals surface area contributed by atoms with Crippen molar-refractivity contribution in [3.8, 4) is 0 Å². The fourth-order valence-electron chi connectivity index (χ4n) is 3.79. The average molecular weight is 359 g/mol. The molecule has 2 aromatic rings. The van der Waals surface area contributed by atoms with Gasteiger partial charge >= 0.3 is 6.09 Å². The molecule has 5 heteroatoms. The molecule has 0 unspecified atom stereocenters. The lowest BCUT2D eigenvalue weighted by Gasteiger charge is -2.33. The molecule has 5 nitrogen and oxygen atoms in total. The van der Waals surface area contributed by atoms with Crippen molar-refractivity contribution in [2.45, 2.75) is 72.1 Å². The molecule has 0 atom stereocenters. The minimum atomic E-state index is -0.431. The lowest BCUT2D eigenvalue weighted by atomic mass is 9.89. The van der Waals surface area contributed by atoms with Gasteiger partial charge in [-0.3, -0.25) is 0 Å². The number of likely N-dealkylation sites (tertiary alicyclic amines) is 1. The largest absolute Gasteiger partial charge is 0.444 e. The Hall–Kier alpha value is -2.04. The third kappa shape index (κ3) is 3.87. The van der Waals surface area contributed by atoms with Crippen molar-refractivity contribution in [3.63, 3.8) is 0 Å². The number of carbonyl (C=O) groups excluding carboxylic acids is 1. The van der Waals surface area contributed by atoms with Gasteiger partial charge in [0.05, 0.1) is 13.1 Å². The molecule has 0 radical (unpaired) electrons.